The van der Waals surface area contributed by atoms with Crippen LogP contribution in [0, 0.1) is 13.8 Å². The molecule has 15 heteroatoms. The molecule has 0 aliphatic heterocycles. The Labute approximate surface area is 226 Å². The van der Waals surface area contributed by atoms with Gasteiger partial charge in [0.2, 0.25) is 11.7 Å². The van der Waals surface area contributed by atoms with Gasteiger partial charge in [-0.1, -0.05) is 28.6 Å². The maximum atomic E-state index is 13.1. The smallest absolute Gasteiger partial charge is 0.408 e. The van der Waals surface area contributed by atoms with Gasteiger partial charge in [-0.3, -0.25) is 14.4 Å². The van der Waals surface area contributed by atoms with Gasteiger partial charge in [0.25, 0.3) is 11.8 Å². The lowest BCUT2D eigenvalue weighted by Crippen LogP contribution is -2.51. The number of hydrogen-bond donors (Lipinski definition) is 3. The highest BCUT2D eigenvalue weighted by molar-refractivity contribution is 7.17. The maximum Gasteiger partial charge on any atom is 0.408 e. The van der Waals surface area contributed by atoms with Crippen LogP contribution in [0.5, 0.6) is 0 Å². The number of carbonyl (C=O) groups is 5. The fourth-order valence-corrected chi connectivity index (χ4v) is 3.95. The number of nitrogens with zero attached hydrogens (tertiary/aromatic N) is 3. The summed E-state index contributed by atoms with van der Waals surface area (Å²) in [5.41, 5.74) is 0.176. The number of hydrogen-bond acceptors (Lipinski definition) is 12. The van der Waals surface area contributed by atoms with Crippen LogP contribution in [0.25, 0.3) is 11.4 Å². The largest absolute Gasteiger partial charge is 0.444 e. The van der Waals surface area contributed by atoms with E-state index in [4.69, 9.17) is 9.26 Å². The predicted molar refractivity (Wildman–Crippen MR) is 137 cm³/mol. The van der Waals surface area contributed by atoms with E-state index in [1.54, 1.807) is 52.0 Å². The SMILES string of the molecule is Cc1nc(-c2cccc(C(=O)NC[C@H](NC(=O)OC(C)(C)C)C(=O)Nc3nc(C)c(C(=O)OC=O)s3)c2)no1. The molecule has 0 saturated carbocycles. The normalized spacial score (nSPS) is 11.7. The summed E-state index contributed by atoms with van der Waals surface area (Å²) in [6.45, 7) is 7.76. The average molecular weight is 559 g/mol. The number of ether oxygens (including phenoxy) is 2. The number of amides is 3. The van der Waals surface area contributed by atoms with E-state index < -0.39 is 35.5 Å². The molecule has 1 aromatic carbocycles. The number of aryl methyl sites for hydroxylation is 2. The molecule has 206 valence electrons. The van der Waals surface area contributed by atoms with Crippen LogP contribution >= 0.6 is 11.3 Å². The standard InChI is InChI=1S/C24H26N6O8S/c1-12-17(21(34)36-11-31)39-22(26-12)29-20(33)16(28-23(35)37-24(3,4)5)10-25-19(32)15-8-6-7-14(9-15)18-27-13(2)38-30-18/h6-9,11,16H,10H2,1-5H3,(H,25,32)(H,28,35)(H,26,29,33)/t16-/m0/s1. The fraction of sp³-hybridized carbons (Fsp3) is 0.333. The molecule has 14 nitrogen and oxygen atoms in total. The first kappa shape index (κ1) is 28.9. The second-order valence-corrected chi connectivity index (χ2v) is 10.1. The summed E-state index contributed by atoms with van der Waals surface area (Å²) < 4.78 is 14.5. The van der Waals surface area contributed by atoms with Gasteiger partial charge in [-0.15, -0.1) is 0 Å². The summed E-state index contributed by atoms with van der Waals surface area (Å²) in [5.74, 6) is -1.54. The minimum atomic E-state index is -1.29. The summed E-state index contributed by atoms with van der Waals surface area (Å²) in [5, 5.41) is 11.4. The van der Waals surface area contributed by atoms with Crippen molar-refractivity contribution in [1.29, 1.82) is 0 Å². The van der Waals surface area contributed by atoms with Crippen molar-refractivity contribution >= 4 is 46.8 Å². The Bertz CT molecular complexity index is 1390. The molecule has 0 aliphatic rings. The first-order chi connectivity index (χ1) is 18.4. The Morgan fingerprint density at radius 1 is 1.15 bits per heavy atom. The molecule has 0 radical (unpaired) electrons. The van der Waals surface area contributed by atoms with Crippen LogP contribution in [0.4, 0.5) is 9.93 Å². The number of esters is 1. The van der Waals surface area contributed by atoms with Crippen LogP contribution in [0.1, 0.15) is 52.4 Å². The van der Waals surface area contributed by atoms with Crippen molar-refractivity contribution in [3.05, 3.63) is 46.3 Å². The lowest BCUT2D eigenvalue weighted by molar-refractivity contribution is -0.124. The zero-order valence-electron chi connectivity index (χ0n) is 21.7. The zero-order chi connectivity index (χ0) is 28.7. The Kier molecular flexibility index (Phi) is 9.08. The second-order valence-electron chi connectivity index (χ2n) is 9.05. The number of anilines is 1. The highest BCUT2D eigenvalue weighted by Crippen LogP contribution is 2.23. The summed E-state index contributed by atoms with van der Waals surface area (Å²) >= 11 is 0.777. The lowest BCUT2D eigenvalue weighted by Gasteiger charge is -2.23. The zero-order valence-corrected chi connectivity index (χ0v) is 22.5. The number of carbonyl (C=O) groups excluding carboxylic acids is 5. The van der Waals surface area contributed by atoms with Gasteiger partial charge in [-0.05, 0) is 39.8 Å². The van der Waals surface area contributed by atoms with Crippen molar-refractivity contribution in [1.82, 2.24) is 25.8 Å². The molecule has 3 N–H and O–H groups in total. The molecule has 1 atom stereocenters. The molecule has 0 aliphatic carbocycles. The quantitative estimate of drug-likeness (QED) is 0.198. The van der Waals surface area contributed by atoms with Crippen LogP contribution in [-0.2, 0) is 19.1 Å². The number of aromatic nitrogens is 3. The topological polar surface area (TPSA) is 192 Å². The van der Waals surface area contributed by atoms with Crippen molar-refractivity contribution in [3.63, 3.8) is 0 Å². The average Bonchev–Trinajstić information content (AvgIpc) is 3.45. The van der Waals surface area contributed by atoms with Gasteiger partial charge in [0.1, 0.15) is 16.5 Å². The molecule has 0 fully saturated rings. The van der Waals surface area contributed by atoms with Crippen molar-refractivity contribution in [3.8, 4) is 11.4 Å². The third-order valence-electron chi connectivity index (χ3n) is 4.75. The van der Waals surface area contributed by atoms with E-state index in [-0.39, 0.29) is 34.3 Å². The van der Waals surface area contributed by atoms with Crippen LogP contribution in [0.15, 0.2) is 28.8 Å². The van der Waals surface area contributed by atoms with Gasteiger partial charge in [0.05, 0.1) is 5.69 Å². The second kappa shape index (κ2) is 12.3. The van der Waals surface area contributed by atoms with Gasteiger partial charge in [0, 0.05) is 24.6 Å². The third-order valence-corrected chi connectivity index (χ3v) is 5.80. The number of thiazole rings is 1. The number of alkyl carbamates (subject to hydrolysis) is 1. The van der Waals surface area contributed by atoms with Crippen LogP contribution in [0.2, 0.25) is 0 Å². The van der Waals surface area contributed by atoms with Gasteiger partial charge in [-0.25, -0.2) is 14.6 Å². The van der Waals surface area contributed by atoms with Crippen LogP contribution in [0.3, 0.4) is 0 Å². The maximum absolute atomic E-state index is 13.1. The first-order valence-corrected chi connectivity index (χ1v) is 12.3. The van der Waals surface area contributed by atoms with Crippen molar-refractivity contribution in [2.45, 2.75) is 46.3 Å². The minimum Gasteiger partial charge on any atom is -0.444 e. The lowest BCUT2D eigenvalue weighted by atomic mass is 10.1. The van der Waals surface area contributed by atoms with Crippen molar-refractivity contribution < 1.29 is 38.0 Å². The monoisotopic (exact) mass is 558 g/mol. The first-order valence-electron chi connectivity index (χ1n) is 11.5. The molecule has 3 amide bonds. The molecule has 0 bridgehead atoms. The minimum absolute atomic E-state index is 0.0118. The van der Waals surface area contributed by atoms with Crippen LogP contribution in [-0.4, -0.2) is 63.7 Å². The fourth-order valence-electron chi connectivity index (χ4n) is 3.10. The Balaban J connectivity index is 1.74. The Hall–Kier alpha value is -4.66. The predicted octanol–water partition coefficient (Wildman–Crippen LogP) is 2.38. The Morgan fingerprint density at radius 2 is 1.90 bits per heavy atom. The number of benzene rings is 1. The molecule has 3 rings (SSSR count). The van der Waals surface area contributed by atoms with Crippen LogP contribution < -0.4 is 16.0 Å². The molecule has 0 unspecified atom stereocenters. The highest BCUT2D eigenvalue weighted by atomic mass is 32.1. The summed E-state index contributed by atoms with van der Waals surface area (Å²) in [6.07, 6.45) is -0.892. The molecule has 2 heterocycles. The van der Waals surface area contributed by atoms with Gasteiger partial charge < -0.3 is 29.9 Å². The third kappa shape index (κ3) is 8.16. The molecule has 0 spiro atoms. The van der Waals surface area contributed by atoms with Gasteiger partial charge >= 0.3 is 18.5 Å². The van der Waals surface area contributed by atoms with Crippen molar-refractivity contribution in [2.24, 2.45) is 0 Å². The van der Waals surface area contributed by atoms with E-state index in [0.717, 1.165) is 11.3 Å². The molecule has 0 saturated heterocycles. The van der Waals surface area contributed by atoms with Gasteiger partial charge in [0.15, 0.2) is 5.13 Å². The summed E-state index contributed by atoms with van der Waals surface area (Å²) in [6, 6.07) is 5.16. The molecule has 2 aromatic heterocycles. The van der Waals surface area contributed by atoms with Gasteiger partial charge in [-0.2, -0.15) is 4.98 Å². The molecule has 39 heavy (non-hydrogen) atoms. The summed E-state index contributed by atoms with van der Waals surface area (Å²) in [4.78, 5) is 68.9. The van der Waals surface area contributed by atoms with E-state index in [1.165, 1.54) is 6.92 Å². The van der Waals surface area contributed by atoms with E-state index in [2.05, 4.69) is 35.8 Å². The number of nitrogens with one attached hydrogen (secondary N) is 3. The molecular formula is C24H26N6O8S. The van der Waals surface area contributed by atoms with E-state index in [0.29, 0.717) is 17.3 Å². The van der Waals surface area contributed by atoms with E-state index in [1.807, 2.05) is 0 Å². The summed E-state index contributed by atoms with van der Waals surface area (Å²) in [7, 11) is 0. The van der Waals surface area contributed by atoms with E-state index in [9.17, 15) is 24.0 Å². The number of rotatable bonds is 9. The van der Waals surface area contributed by atoms with Crippen molar-refractivity contribution in [2.75, 3.05) is 11.9 Å². The molecule has 3 aromatic rings. The molecular weight excluding hydrogens is 532 g/mol. The van der Waals surface area contributed by atoms with E-state index >= 15 is 0 Å². The highest BCUT2D eigenvalue weighted by Gasteiger charge is 2.27. The Morgan fingerprint density at radius 3 is 2.54 bits per heavy atom.